The number of hydrogen-bond donors (Lipinski definition) is 2. The molecular weight excluding hydrogens is 502 g/mol. The van der Waals surface area contributed by atoms with Crippen LogP contribution in [0.1, 0.15) is 45.2 Å². The Balaban J connectivity index is 1.44. The molecule has 6 rings (SSSR count). The van der Waals surface area contributed by atoms with Crippen molar-refractivity contribution in [2.75, 3.05) is 11.5 Å². The predicted molar refractivity (Wildman–Crippen MR) is 143 cm³/mol. The number of ether oxygens (including phenoxy) is 1. The van der Waals surface area contributed by atoms with Crippen molar-refractivity contribution in [2.45, 2.75) is 32.0 Å². The Kier molecular flexibility index (Phi) is 5.95. The highest BCUT2D eigenvalue weighted by molar-refractivity contribution is 7.91. The molecule has 38 heavy (non-hydrogen) atoms. The van der Waals surface area contributed by atoms with E-state index < -0.39 is 21.9 Å². The van der Waals surface area contributed by atoms with Gasteiger partial charge in [-0.25, -0.2) is 8.42 Å². The number of aromatic hydroxyl groups is 1. The summed E-state index contributed by atoms with van der Waals surface area (Å²) in [6.45, 7) is 2.31. The van der Waals surface area contributed by atoms with Crippen LogP contribution in [0.5, 0.6) is 11.5 Å². The highest BCUT2D eigenvalue weighted by Crippen LogP contribution is 2.47. The van der Waals surface area contributed by atoms with Gasteiger partial charge in [0.15, 0.2) is 9.84 Å². The Morgan fingerprint density at radius 3 is 2.66 bits per heavy atom. The van der Waals surface area contributed by atoms with Crippen LogP contribution in [0.25, 0.3) is 11.3 Å². The standard InChI is InChI=1S/C29H27N3O5S/c1-18-10-11-24(33)23(14-18)26-25-27(31-30-26)29(34)32(21-12-13-38(35,36)17-21)28(25)20-8-5-9-22(15-20)37-16-19-6-3-2-4-7-19/h2-11,14-15,21,28,33H,12-13,16-17H2,1H3,(H,30,31). The minimum Gasteiger partial charge on any atom is -0.507 e. The molecule has 0 radical (unpaired) electrons. The molecule has 3 aromatic carbocycles. The smallest absolute Gasteiger partial charge is 0.273 e. The number of rotatable bonds is 6. The molecule has 2 aliphatic heterocycles. The van der Waals surface area contributed by atoms with Gasteiger partial charge in [0.2, 0.25) is 0 Å². The molecule has 2 aliphatic rings. The van der Waals surface area contributed by atoms with Gasteiger partial charge in [-0.1, -0.05) is 54.1 Å². The number of aromatic nitrogens is 2. The zero-order valence-corrected chi connectivity index (χ0v) is 21.6. The van der Waals surface area contributed by atoms with E-state index >= 15 is 0 Å². The number of phenolic OH excluding ortho intramolecular Hbond substituents is 1. The first kappa shape index (κ1) is 24.2. The second-order valence-corrected chi connectivity index (χ2v) is 12.1. The maximum atomic E-state index is 13.7. The molecule has 4 aromatic rings. The van der Waals surface area contributed by atoms with Crippen LogP contribution in [0.15, 0.2) is 72.8 Å². The summed E-state index contributed by atoms with van der Waals surface area (Å²) in [6.07, 6.45) is 0.373. The molecule has 1 amide bonds. The first-order valence-electron chi connectivity index (χ1n) is 12.5. The minimum atomic E-state index is -3.24. The summed E-state index contributed by atoms with van der Waals surface area (Å²) in [5.41, 5.74) is 4.66. The topological polar surface area (TPSA) is 113 Å². The van der Waals surface area contributed by atoms with E-state index in [-0.39, 0.29) is 23.2 Å². The van der Waals surface area contributed by atoms with Gasteiger partial charge in [-0.15, -0.1) is 0 Å². The van der Waals surface area contributed by atoms with Gasteiger partial charge in [-0.05, 0) is 48.7 Å². The van der Waals surface area contributed by atoms with Crippen LogP contribution in [0.4, 0.5) is 0 Å². The SMILES string of the molecule is Cc1ccc(O)c(-c2n[nH]c3c2C(c2cccc(OCc4ccccc4)c2)N(C2CCS(=O)(=O)C2)C3=O)c1. The van der Waals surface area contributed by atoms with E-state index in [4.69, 9.17) is 4.74 Å². The molecule has 8 nitrogen and oxygen atoms in total. The molecule has 194 valence electrons. The van der Waals surface area contributed by atoms with Crippen LogP contribution in [0.2, 0.25) is 0 Å². The van der Waals surface area contributed by atoms with Crippen LogP contribution in [-0.4, -0.2) is 52.1 Å². The van der Waals surface area contributed by atoms with E-state index in [1.807, 2.05) is 67.6 Å². The zero-order chi connectivity index (χ0) is 26.4. The van der Waals surface area contributed by atoms with Crippen LogP contribution < -0.4 is 4.74 Å². The van der Waals surface area contributed by atoms with E-state index in [0.717, 1.165) is 16.7 Å². The van der Waals surface area contributed by atoms with Crippen molar-refractivity contribution in [1.29, 1.82) is 0 Å². The van der Waals surface area contributed by atoms with Crippen molar-refractivity contribution < 1.29 is 23.1 Å². The third-order valence-electron chi connectivity index (χ3n) is 7.24. The number of nitrogens with zero attached hydrogens (tertiary/aromatic N) is 2. The fraction of sp³-hybridized carbons (Fsp3) is 0.241. The Morgan fingerprint density at radius 1 is 1.08 bits per heavy atom. The van der Waals surface area contributed by atoms with Gasteiger partial charge in [-0.2, -0.15) is 5.10 Å². The molecule has 1 saturated heterocycles. The molecule has 0 aliphatic carbocycles. The second-order valence-electron chi connectivity index (χ2n) is 9.90. The number of phenols is 1. The number of nitrogens with one attached hydrogen (secondary N) is 1. The van der Waals surface area contributed by atoms with Gasteiger partial charge < -0.3 is 14.7 Å². The number of aryl methyl sites for hydroxylation is 1. The van der Waals surface area contributed by atoms with Crippen molar-refractivity contribution in [3.8, 4) is 22.8 Å². The molecule has 2 atom stereocenters. The number of fused-ring (bicyclic) bond motifs is 1. The van der Waals surface area contributed by atoms with Gasteiger partial charge in [-0.3, -0.25) is 9.89 Å². The Morgan fingerprint density at radius 2 is 1.89 bits per heavy atom. The monoisotopic (exact) mass is 529 g/mol. The average Bonchev–Trinajstić information content (AvgIpc) is 3.58. The van der Waals surface area contributed by atoms with Gasteiger partial charge in [0.05, 0.1) is 17.5 Å². The molecule has 1 fully saturated rings. The predicted octanol–water partition coefficient (Wildman–Crippen LogP) is 4.40. The van der Waals surface area contributed by atoms with E-state index in [0.29, 0.717) is 41.3 Å². The van der Waals surface area contributed by atoms with Crippen LogP contribution in [0, 0.1) is 6.92 Å². The molecule has 9 heteroatoms. The summed E-state index contributed by atoms with van der Waals surface area (Å²) in [6, 6.07) is 21.5. The van der Waals surface area contributed by atoms with Crippen molar-refractivity contribution in [2.24, 2.45) is 0 Å². The van der Waals surface area contributed by atoms with E-state index in [9.17, 15) is 18.3 Å². The Bertz CT molecular complexity index is 1630. The summed E-state index contributed by atoms with van der Waals surface area (Å²) in [4.78, 5) is 15.4. The number of carbonyl (C=O) groups excluding carboxylic acids is 1. The lowest BCUT2D eigenvalue weighted by molar-refractivity contribution is 0.0677. The summed E-state index contributed by atoms with van der Waals surface area (Å²) in [5, 5.41) is 18.0. The van der Waals surface area contributed by atoms with Crippen LogP contribution >= 0.6 is 0 Å². The van der Waals surface area contributed by atoms with Crippen LogP contribution in [-0.2, 0) is 16.4 Å². The fourth-order valence-corrected chi connectivity index (χ4v) is 7.14. The zero-order valence-electron chi connectivity index (χ0n) is 20.8. The normalized spacial score (nSPS) is 20.0. The lowest BCUT2D eigenvalue weighted by Gasteiger charge is -2.31. The van der Waals surface area contributed by atoms with E-state index in [1.165, 1.54) is 0 Å². The quantitative estimate of drug-likeness (QED) is 0.383. The van der Waals surface area contributed by atoms with Gasteiger partial charge in [0.25, 0.3) is 5.91 Å². The third-order valence-corrected chi connectivity index (χ3v) is 8.99. The first-order valence-corrected chi connectivity index (χ1v) is 14.3. The molecule has 2 N–H and O–H groups in total. The fourth-order valence-electron chi connectivity index (χ4n) is 5.42. The molecular formula is C29H27N3O5S. The lowest BCUT2D eigenvalue weighted by Crippen LogP contribution is -2.40. The Hall–Kier alpha value is -4.11. The van der Waals surface area contributed by atoms with Crippen molar-refractivity contribution in [3.05, 3.63) is 101 Å². The first-order chi connectivity index (χ1) is 18.3. The summed E-state index contributed by atoms with van der Waals surface area (Å²) >= 11 is 0. The van der Waals surface area contributed by atoms with Gasteiger partial charge in [0.1, 0.15) is 29.5 Å². The maximum absolute atomic E-state index is 13.7. The van der Waals surface area contributed by atoms with Crippen molar-refractivity contribution in [3.63, 3.8) is 0 Å². The number of sulfone groups is 1. The second kappa shape index (κ2) is 9.33. The number of amides is 1. The number of benzene rings is 3. The minimum absolute atomic E-state index is 0.0477. The summed E-state index contributed by atoms with van der Waals surface area (Å²) in [5.74, 6) is 0.357. The van der Waals surface area contributed by atoms with Gasteiger partial charge >= 0.3 is 0 Å². The van der Waals surface area contributed by atoms with Gasteiger partial charge in [0, 0.05) is 17.2 Å². The number of carbonyl (C=O) groups is 1. The lowest BCUT2D eigenvalue weighted by atomic mass is 9.94. The highest BCUT2D eigenvalue weighted by atomic mass is 32.2. The Labute approximate surface area is 220 Å². The largest absolute Gasteiger partial charge is 0.507 e. The third kappa shape index (κ3) is 4.32. The average molecular weight is 530 g/mol. The van der Waals surface area contributed by atoms with E-state index in [1.54, 1.807) is 17.0 Å². The molecule has 1 aromatic heterocycles. The number of H-pyrrole nitrogens is 1. The summed E-state index contributed by atoms with van der Waals surface area (Å²) < 4.78 is 30.9. The van der Waals surface area contributed by atoms with Crippen molar-refractivity contribution >= 4 is 15.7 Å². The molecule has 0 saturated carbocycles. The summed E-state index contributed by atoms with van der Waals surface area (Å²) in [7, 11) is -3.24. The molecule has 2 unspecified atom stereocenters. The molecule has 0 bridgehead atoms. The number of hydrogen-bond acceptors (Lipinski definition) is 6. The maximum Gasteiger partial charge on any atom is 0.273 e. The van der Waals surface area contributed by atoms with E-state index in [2.05, 4.69) is 10.2 Å². The van der Waals surface area contributed by atoms with Crippen LogP contribution in [0.3, 0.4) is 0 Å². The highest BCUT2D eigenvalue weighted by Gasteiger charge is 2.48. The van der Waals surface area contributed by atoms with Crippen molar-refractivity contribution in [1.82, 2.24) is 15.1 Å². The molecule has 3 heterocycles. The number of aromatic amines is 1. The molecule has 0 spiro atoms.